The minimum atomic E-state index is 0.780. The number of piperidine rings is 1. The standard InChI is InChI=1S/C15H30N2/c1-3-13-4-6-14(7-5-13)12-17-10-8-15(16-2)9-11-17/h13-16H,3-12H2,1-2H3. The van der Waals surface area contributed by atoms with Gasteiger partial charge in [0.15, 0.2) is 0 Å². The van der Waals surface area contributed by atoms with E-state index in [0.717, 1.165) is 17.9 Å². The zero-order valence-electron chi connectivity index (χ0n) is 11.8. The summed E-state index contributed by atoms with van der Waals surface area (Å²) in [6, 6.07) is 0.780. The van der Waals surface area contributed by atoms with Crippen LogP contribution in [0, 0.1) is 11.8 Å². The minimum Gasteiger partial charge on any atom is -0.317 e. The second-order valence-electron chi connectivity index (χ2n) is 6.16. The molecule has 1 N–H and O–H groups in total. The maximum Gasteiger partial charge on any atom is 0.00884 e. The molecule has 0 radical (unpaired) electrons. The number of hydrogen-bond acceptors (Lipinski definition) is 2. The molecule has 2 fully saturated rings. The first kappa shape index (κ1) is 13.4. The minimum absolute atomic E-state index is 0.780. The van der Waals surface area contributed by atoms with Gasteiger partial charge in [-0.25, -0.2) is 0 Å². The molecule has 2 heteroatoms. The SMILES string of the molecule is CCC1CCC(CN2CCC(NC)CC2)CC1. The van der Waals surface area contributed by atoms with E-state index in [1.54, 1.807) is 0 Å². The van der Waals surface area contributed by atoms with Crippen molar-refractivity contribution in [3.05, 3.63) is 0 Å². The van der Waals surface area contributed by atoms with E-state index in [9.17, 15) is 0 Å². The number of likely N-dealkylation sites (tertiary alicyclic amines) is 1. The molecule has 0 bridgehead atoms. The number of nitrogens with zero attached hydrogens (tertiary/aromatic N) is 1. The van der Waals surface area contributed by atoms with Gasteiger partial charge in [0.05, 0.1) is 0 Å². The van der Waals surface area contributed by atoms with E-state index in [2.05, 4.69) is 24.2 Å². The third kappa shape index (κ3) is 3.96. The Morgan fingerprint density at radius 3 is 2.06 bits per heavy atom. The van der Waals surface area contributed by atoms with E-state index in [0.29, 0.717) is 0 Å². The quantitative estimate of drug-likeness (QED) is 0.810. The van der Waals surface area contributed by atoms with E-state index in [4.69, 9.17) is 0 Å². The van der Waals surface area contributed by atoms with E-state index >= 15 is 0 Å². The van der Waals surface area contributed by atoms with E-state index < -0.39 is 0 Å². The molecule has 1 heterocycles. The molecule has 1 aliphatic heterocycles. The van der Waals surface area contributed by atoms with Crippen molar-refractivity contribution in [2.75, 3.05) is 26.7 Å². The second-order valence-corrected chi connectivity index (χ2v) is 6.16. The zero-order chi connectivity index (χ0) is 12.1. The molecule has 0 amide bonds. The summed E-state index contributed by atoms with van der Waals surface area (Å²) in [5, 5.41) is 3.41. The topological polar surface area (TPSA) is 15.3 Å². The summed E-state index contributed by atoms with van der Waals surface area (Å²) in [6.45, 7) is 6.37. The molecule has 0 aromatic carbocycles. The highest BCUT2D eigenvalue weighted by molar-refractivity contribution is 4.79. The summed E-state index contributed by atoms with van der Waals surface area (Å²) in [5.41, 5.74) is 0. The van der Waals surface area contributed by atoms with Crippen LogP contribution in [-0.2, 0) is 0 Å². The predicted octanol–water partition coefficient (Wildman–Crippen LogP) is 2.89. The predicted molar refractivity (Wildman–Crippen MR) is 74.3 cm³/mol. The van der Waals surface area contributed by atoms with Crippen LogP contribution in [0.25, 0.3) is 0 Å². The van der Waals surface area contributed by atoms with Gasteiger partial charge in [0.2, 0.25) is 0 Å². The molecule has 0 aromatic rings. The van der Waals surface area contributed by atoms with Gasteiger partial charge in [-0.2, -0.15) is 0 Å². The average Bonchev–Trinajstić information content (AvgIpc) is 2.40. The van der Waals surface area contributed by atoms with Crippen molar-refractivity contribution in [1.82, 2.24) is 10.2 Å². The van der Waals surface area contributed by atoms with Crippen LogP contribution in [0.3, 0.4) is 0 Å². The molecule has 0 aromatic heterocycles. The fraction of sp³-hybridized carbons (Fsp3) is 1.00. The lowest BCUT2D eigenvalue weighted by Crippen LogP contribution is -2.43. The Kier molecular flexibility index (Phi) is 5.30. The fourth-order valence-corrected chi connectivity index (χ4v) is 3.59. The molecule has 0 atom stereocenters. The first-order valence-corrected chi connectivity index (χ1v) is 7.71. The van der Waals surface area contributed by atoms with Crippen molar-refractivity contribution in [3.8, 4) is 0 Å². The zero-order valence-corrected chi connectivity index (χ0v) is 11.8. The molecule has 2 aliphatic rings. The van der Waals surface area contributed by atoms with Gasteiger partial charge in [0, 0.05) is 12.6 Å². The smallest absolute Gasteiger partial charge is 0.00884 e. The van der Waals surface area contributed by atoms with E-state index in [1.165, 1.54) is 64.6 Å². The highest BCUT2D eigenvalue weighted by atomic mass is 15.1. The Morgan fingerprint density at radius 2 is 1.53 bits per heavy atom. The Balaban J connectivity index is 1.65. The van der Waals surface area contributed by atoms with Crippen molar-refractivity contribution in [2.24, 2.45) is 11.8 Å². The van der Waals surface area contributed by atoms with Crippen molar-refractivity contribution < 1.29 is 0 Å². The van der Waals surface area contributed by atoms with Gasteiger partial charge >= 0.3 is 0 Å². The normalized spacial score (nSPS) is 32.8. The highest BCUT2D eigenvalue weighted by Gasteiger charge is 2.24. The summed E-state index contributed by atoms with van der Waals surface area (Å²) in [4.78, 5) is 2.71. The maximum atomic E-state index is 3.41. The van der Waals surface area contributed by atoms with Crippen molar-refractivity contribution in [1.29, 1.82) is 0 Å². The van der Waals surface area contributed by atoms with Gasteiger partial charge in [-0.1, -0.05) is 26.2 Å². The lowest BCUT2D eigenvalue weighted by atomic mass is 9.80. The summed E-state index contributed by atoms with van der Waals surface area (Å²) in [7, 11) is 2.10. The molecule has 100 valence electrons. The molecular weight excluding hydrogens is 208 g/mol. The lowest BCUT2D eigenvalue weighted by molar-refractivity contribution is 0.145. The molecule has 2 nitrogen and oxygen atoms in total. The Morgan fingerprint density at radius 1 is 0.941 bits per heavy atom. The summed E-state index contributed by atoms with van der Waals surface area (Å²) in [6.07, 6.45) is 10.1. The first-order chi connectivity index (χ1) is 8.31. The Bertz CT molecular complexity index is 179. The molecular formula is C15H30N2. The lowest BCUT2D eigenvalue weighted by Gasteiger charge is -2.36. The number of rotatable bonds is 4. The summed E-state index contributed by atoms with van der Waals surface area (Å²) < 4.78 is 0. The van der Waals surface area contributed by atoms with Gasteiger partial charge in [-0.15, -0.1) is 0 Å². The van der Waals surface area contributed by atoms with Crippen molar-refractivity contribution in [3.63, 3.8) is 0 Å². The Labute approximate surface area is 107 Å². The fourth-order valence-electron chi connectivity index (χ4n) is 3.59. The van der Waals surface area contributed by atoms with Crippen molar-refractivity contribution >= 4 is 0 Å². The Hall–Kier alpha value is -0.0800. The van der Waals surface area contributed by atoms with Gasteiger partial charge in [-0.3, -0.25) is 0 Å². The van der Waals surface area contributed by atoms with Crippen LogP contribution in [0.15, 0.2) is 0 Å². The molecule has 1 saturated carbocycles. The molecule has 0 unspecified atom stereocenters. The molecule has 2 rings (SSSR count). The van der Waals surface area contributed by atoms with Crippen LogP contribution >= 0.6 is 0 Å². The molecule has 1 saturated heterocycles. The van der Waals surface area contributed by atoms with Crippen LogP contribution < -0.4 is 5.32 Å². The van der Waals surface area contributed by atoms with Crippen LogP contribution in [0.5, 0.6) is 0 Å². The van der Waals surface area contributed by atoms with Gasteiger partial charge < -0.3 is 10.2 Å². The van der Waals surface area contributed by atoms with Crippen LogP contribution in [0.4, 0.5) is 0 Å². The third-order valence-corrected chi connectivity index (χ3v) is 5.06. The number of nitrogens with one attached hydrogen (secondary N) is 1. The van der Waals surface area contributed by atoms with Crippen LogP contribution in [0.1, 0.15) is 51.9 Å². The number of hydrogen-bond donors (Lipinski definition) is 1. The molecule has 0 spiro atoms. The molecule has 1 aliphatic carbocycles. The largest absolute Gasteiger partial charge is 0.317 e. The van der Waals surface area contributed by atoms with Crippen molar-refractivity contribution in [2.45, 2.75) is 57.9 Å². The van der Waals surface area contributed by atoms with Gasteiger partial charge in [0.25, 0.3) is 0 Å². The van der Waals surface area contributed by atoms with Crippen LogP contribution in [0.2, 0.25) is 0 Å². The maximum absolute atomic E-state index is 3.41. The molecule has 17 heavy (non-hydrogen) atoms. The summed E-state index contributed by atoms with van der Waals surface area (Å²) >= 11 is 0. The van der Waals surface area contributed by atoms with Gasteiger partial charge in [-0.05, 0) is 57.7 Å². The average molecular weight is 238 g/mol. The van der Waals surface area contributed by atoms with E-state index in [-0.39, 0.29) is 0 Å². The van der Waals surface area contributed by atoms with Crippen LogP contribution in [-0.4, -0.2) is 37.6 Å². The summed E-state index contributed by atoms with van der Waals surface area (Å²) in [5.74, 6) is 2.05. The monoisotopic (exact) mass is 238 g/mol. The van der Waals surface area contributed by atoms with E-state index in [1.807, 2.05) is 0 Å². The highest BCUT2D eigenvalue weighted by Crippen LogP contribution is 2.31. The second kappa shape index (κ2) is 6.75. The third-order valence-electron chi connectivity index (χ3n) is 5.06. The van der Waals surface area contributed by atoms with Gasteiger partial charge in [0.1, 0.15) is 0 Å². The first-order valence-electron chi connectivity index (χ1n) is 7.71.